The standard InChI is InChI=1S/2C6H6.C6H5.2C3H8.3C2H6.CH3.Y/c3*1-2-4-6-5-3-1;2*1-3-2;3*1-2;;/h2*1-6H;1-5H;2*3H2,1-2H3;3*1-2H3;1H3;/q;;-1;;;;;;-1;. The first-order chi connectivity index (χ1) is 14.8. The van der Waals surface area contributed by atoms with E-state index in [0.29, 0.717) is 0 Å². The van der Waals surface area contributed by atoms with Gasteiger partial charge in [-0.1, -0.05) is 155 Å². The molecule has 0 saturated carbocycles. The molecule has 0 unspecified atom stereocenters. The molecule has 32 heavy (non-hydrogen) atoms. The Hall–Kier alpha value is -1.24. The van der Waals surface area contributed by atoms with Gasteiger partial charge in [-0.2, -0.15) is 36.4 Å². The Morgan fingerprint density at radius 1 is 0.375 bits per heavy atom. The van der Waals surface area contributed by atoms with Crippen LogP contribution in [-0.4, -0.2) is 0 Å². The molecule has 1 heteroatoms. The summed E-state index contributed by atoms with van der Waals surface area (Å²) in [5, 5.41) is 0. The van der Waals surface area contributed by atoms with E-state index in [1.165, 1.54) is 12.8 Å². The number of benzene rings is 3. The molecule has 0 fully saturated rings. The minimum atomic E-state index is 0. The molecule has 0 spiro atoms. The number of rotatable bonds is 0. The first-order valence-corrected chi connectivity index (χ1v) is 11.7. The second-order valence-electron chi connectivity index (χ2n) is 4.80. The fourth-order valence-electron chi connectivity index (χ4n) is 1.11. The second kappa shape index (κ2) is 69.9. The van der Waals surface area contributed by atoms with Crippen molar-refractivity contribution in [3.8, 4) is 0 Å². The molecule has 183 valence electrons. The summed E-state index contributed by atoms with van der Waals surface area (Å²) in [5.41, 5.74) is 0. The van der Waals surface area contributed by atoms with E-state index in [0.717, 1.165) is 0 Å². The van der Waals surface area contributed by atoms with Gasteiger partial charge in [0.15, 0.2) is 0 Å². The van der Waals surface area contributed by atoms with E-state index in [1.54, 1.807) is 0 Å². The van der Waals surface area contributed by atoms with Crippen molar-refractivity contribution in [3.63, 3.8) is 0 Å². The van der Waals surface area contributed by atoms with E-state index in [9.17, 15) is 0 Å². The molecule has 0 bridgehead atoms. The van der Waals surface area contributed by atoms with Crippen LogP contribution in [0.25, 0.3) is 0 Å². The molecule has 0 heterocycles. The van der Waals surface area contributed by atoms with Crippen molar-refractivity contribution in [2.45, 2.75) is 82.1 Å². The Balaban J connectivity index is -0.0000000465. The zero-order chi connectivity index (χ0) is 24.1. The zero-order valence-corrected chi connectivity index (χ0v) is 26.1. The van der Waals surface area contributed by atoms with Crippen LogP contribution in [0.5, 0.6) is 0 Å². The predicted octanol–water partition coefficient (Wildman–Crippen LogP) is 11.2. The van der Waals surface area contributed by atoms with Gasteiger partial charge in [0.05, 0.1) is 0 Å². The van der Waals surface area contributed by atoms with Crippen LogP contribution >= 0.6 is 0 Å². The van der Waals surface area contributed by atoms with Gasteiger partial charge in [0.1, 0.15) is 0 Å². The van der Waals surface area contributed by atoms with E-state index in [2.05, 4.69) is 33.8 Å². The average molecular weight is 516 g/mol. The molecule has 0 amide bonds. The number of hydrogen-bond donors (Lipinski definition) is 0. The van der Waals surface area contributed by atoms with Crippen LogP contribution in [0.2, 0.25) is 0 Å². The third-order valence-electron chi connectivity index (χ3n) is 1.94. The third kappa shape index (κ3) is 78.9. The van der Waals surface area contributed by atoms with Crippen molar-refractivity contribution in [2.24, 2.45) is 0 Å². The topological polar surface area (TPSA) is 0 Å². The molecule has 0 atom stereocenters. The smallest absolute Gasteiger partial charge is 0 e. The fraction of sp³-hybridized carbons (Fsp3) is 0.387. The van der Waals surface area contributed by atoms with Crippen LogP contribution in [0.1, 0.15) is 82.1 Å². The summed E-state index contributed by atoms with van der Waals surface area (Å²) in [5.74, 6) is 0. The third-order valence-corrected chi connectivity index (χ3v) is 1.94. The van der Waals surface area contributed by atoms with Crippen molar-refractivity contribution in [2.75, 3.05) is 0 Å². The molecular weight excluding hydrogens is 461 g/mol. The van der Waals surface area contributed by atoms with Gasteiger partial charge < -0.3 is 7.43 Å². The van der Waals surface area contributed by atoms with Gasteiger partial charge in [-0.3, -0.25) is 0 Å². The summed E-state index contributed by atoms with van der Waals surface area (Å²) in [6, 6.07) is 36.5. The molecule has 0 saturated heterocycles. The first kappa shape index (κ1) is 48.3. The molecule has 3 aromatic rings. The van der Waals surface area contributed by atoms with Crippen molar-refractivity contribution in [1.82, 2.24) is 0 Å². The maximum Gasteiger partial charge on any atom is 0 e. The normalized spacial score (nSPS) is 6.19. The molecule has 3 aromatic carbocycles. The maximum absolute atomic E-state index is 2.89. The van der Waals surface area contributed by atoms with Crippen molar-refractivity contribution in [1.29, 1.82) is 0 Å². The van der Waals surface area contributed by atoms with Crippen LogP contribution in [0, 0.1) is 13.5 Å². The molecule has 3 rings (SSSR count). The zero-order valence-electron chi connectivity index (χ0n) is 23.3. The summed E-state index contributed by atoms with van der Waals surface area (Å²) in [6.07, 6.45) is 2.50. The monoisotopic (exact) mass is 515 g/mol. The molecule has 1 radical (unpaired) electrons. The quantitative estimate of drug-likeness (QED) is 0.261. The Kier molecular flexibility index (Phi) is 105. The SMILES string of the molecule is CC.CC.CC.CCC.CCC.[CH3-].[Y].[c-]1ccccc1.c1ccccc1.c1ccccc1. The van der Waals surface area contributed by atoms with E-state index >= 15 is 0 Å². The van der Waals surface area contributed by atoms with Crippen molar-refractivity contribution >= 4 is 0 Å². The van der Waals surface area contributed by atoms with Crippen molar-refractivity contribution < 1.29 is 32.7 Å². The Labute approximate surface area is 230 Å². The van der Waals surface area contributed by atoms with Crippen LogP contribution in [-0.2, 0) is 32.7 Å². The van der Waals surface area contributed by atoms with Crippen molar-refractivity contribution in [3.05, 3.63) is 117 Å². The molecule has 0 nitrogen and oxygen atoms in total. The van der Waals surface area contributed by atoms with Crippen LogP contribution < -0.4 is 0 Å². The van der Waals surface area contributed by atoms with Gasteiger partial charge in [-0.05, 0) is 0 Å². The summed E-state index contributed by atoms with van der Waals surface area (Å²) >= 11 is 0. The summed E-state index contributed by atoms with van der Waals surface area (Å²) < 4.78 is 0. The van der Waals surface area contributed by atoms with E-state index in [-0.39, 0.29) is 40.1 Å². The Morgan fingerprint density at radius 3 is 0.562 bits per heavy atom. The van der Waals surface area contributed by atoms with Gasteiger partial charge >= 0.3 is 0 Å². The molecule has 0 aliphatic heterocycles. The van der Waals surface area contributed by atoms with Crippen LogP contribution in [0.15, 0.2) is 103 Å². The summed E-state index contributed by atoms with van der Waals surface area (Å²) in [7, 11) is 0. The van der Waals surface area contributed by atoms with Gasteiger partial charge in [0, 0.05) is 32.7 Å². The van der Waals surface area contributed by atoms with Gasteiger partial charge in [0.25, 0.3) is 0 Å². The molecular formula is C31H54Y-2. The Bertz CT molecular complexity index is 323. The van der Waals surface area contributed by atoms with Gasteiger partial charge in [0.2, 0.25) is 0 Å². The molecule has 0 aliphatic carbocycles. The maximum atomic E-state index is 2.89. The largest absolute Gasteiger partial charge is 0.358 e. The minimum absolute atomic E-state index is 0. The van der Waals surface area contributed by atoms with E-state index < -0.39 is 0 Å². The molecule has 0 aromatic heterocycles. The van der Waals surface area contributed by atoms with Gasteiger partial charge in [-0.15, -0.1) is 0 Å². The number of hydrogen-bond acceptors (Lipinski definition) is 0. The average Bonchev–Trinajstić information content (AvgIpc) is 2.88. The summed E-state index contributed by atoms with van der Waals surface area (Å²) in [4.78, 5) is 0. The molecule has 0 N–H and O–H groups in total. The van der Waals surface area contributed by atoms with E-state index in [1.807, 2.05) is 145 Å². The second-order valence-corrected chi connectivity index (χ2v) is 4.80. The first-order valence-electron chi connectivity index (χ1n) is 11.7. The van der Waals surface area contributed by atoms with Crippen LogP contribution in [0.4, 0.5) is 0 Å². The van der Waals surface area contributed by atoms with Gasteiger partial charge in [-0.25, -0.2) is 0 Å². The van der Waals surface area contributed by atoms with Crippen LogP contribution in [0.3, 0.4) is 0 Å². The van der Waals surface area contributed by atoms with E-state index in [4.69, 9.17) is 0 Å². The molecule has 0 aliphatic rings. The fourth-order valence-corrected chi connectivity index (χ4v) is 1.11. The Morgan fingerprint density at radius 2 is 0.500 bits per heavy atom. The predicted molar refractivity (Wildman–Crippen MR) is 151 cm³/mol. The summed E-state index contributed by atoms with van der Waals surface area (Å²) in [6.45, 7) is 20.5. The minimum Gasteiger partial charge on any atom is -0.358 e.